The number of benzene rings is 2. The van der Waals surface area contributed by atoms with Crippen molar-refractivity contribution in [3.05, 3.63) is 53.6 Å². The number of rotatable bonds is 6. The largest absolute Gasteiger partial charge is 0.496 e. The SMILES string of the molecule is COc1ccc(S(=O)(=O)Nc2ccccc2C(=O)N2CCCC2)cc1C(=O)N1CCCCCC1. The number of para-hydroxylation sites is 1. The first-order valence-electron chi connectivity index (χ1n) is 11.8. The van der Waals surface area contributed by atoms with Crippen molar-refractivity contribution in [1.29, 1.82) is 0 Å². The van der Waals surface area contributed by atoms with Crippen molar-refractivity contribution >= 4 is 27.5 Å². The highest BCUT2D eigenvalue weighted by molar-refractivity contribution is 7.92. The van der Waals surface area contributed by atoms with Crippen LogP contribution < -0.4 is 9.46 Å². The third-order valence-electron chi connectivity index (χ3n) is 6.40. The van der Waals surface area contributed by atoms with Crippen molar-refractivity contribution < 1.29 is 22.7 Å². The van der Waals surface area contributed by atoms with Crippen molar-refractivity contribution in [3.8, 4) is 5.75 Å². The molecule has 0 saturated carbocycles. The maximum atomic E-state index is 13.3. The first-order valence-corrected chi connectivity index (χ1v) is 13.3. The highest BCUT2D eigenvalue weighted by Crippen LogP contribution is 2.28. The van der Waals surface area contributed by atoms with Gasteiger partial charge in [-0.3, -0.25) is 14.3 Å². The van der Waals surface area contributed by atoms with Gasteiger partial charge in [-0.1, -0.05) is 25.0 Å². The summed E-state index contributed by atoms with van der Waals surface area (Å²) >= 11 is 0. The highest BCUT2D eigenvalue weighted by Gasteiger charge is 2.26. The molecule has 0 aromatic heterocycles. The van der Waals surface area contributed by atoms with Gasteiger partial charge in [-0.05, 0) is 56.0 Å². The first-order chi connectivity index (χ1) is 16.4. The van der Waals surface area contributed by atoms with Crippen LogP contribution in [0.15, 0.2) is 47.4 Å². The lowest BCUT2D eigenvalue weighted by atomic mass is 10.1. The van der Waals surface area contributed by atoms with Crippen molar-refractivity contribution in [2.24, 2.45) is 0 Å². The van der Waals surface area contributed by atoms with E-state index >= 15 is 0 Å². The zero-order valence-corrected chi connectivity index (χ0v) is 20.3. The normalized spacial score (nSPS) is 16.7. The van der Waals surface area contributed by atoms with Gasteiger partial charge in [0.25, 0.3) is 21.8 Å². The van der Waals surface area contributed by atoms with Gasteiger partial charge in [-0.2, -0.15) is 0 Å². The number of ether oxygens (including phenoxy) is 1. The molecule has 2 aliphatic rings. The van der Waals surface area contributed by atoms with Gasteiger partial charge >= 0.3 is 0 Å². The van der Waals surface area contributed by atoms with E-state index in [1.165, 1.54) is 25.3 Å². The van der Waals surface area contributed by atoms with Crippen LogP contribution in [0.5, 0.6) is 5.75 Å². The van der Waals surface area contributed by atoms with E-state index in [2.05, 4.69) is 4.72 Å². The van der Waals surface area contributed by atoms with Crippen molar-refractivity contribution in [2.75, 3.05) is 38.0 Å². The van der Waals surface area contributed by atoms with Crippen LogP contribution in [-0.4, -0.2) is 63.3 Å². The van der Waals surface area contributed by atoms with Crippen LogP contribution in [0.4, 0.5) is 5.69 Å². The van der Waals surface area contributed by atoms with Crippen LogP contribution in [-0.2, 0) is 10.0 Å². The molecule has 2 heterocycles. The van der Waals surface area contributed by atoms with Gasteiger partial charge in [0.2, 0.25) is 0 Å². The lowest BCUT2D eigenvalue weighted by Crippen LogP contribution is -2.32. The first kappa shape index (κ1) is 24.1. The lowest BCUT2D eigenvalue weighted by molar-refractivity contribution is 0.0756. The summed E-state index contributed by atoms with van der Waals surface area (Å²) in [7, 11) is -2.60. The molecule has 0 atom stereocenters. The number of likely N-dealkylation sites (tertiary alicyclic amines) is 2. The van der Waals surface area contributed by atoms with Gasteiger partial charge in [0.15, 0.2) is 0 Å². The Hall–Kier alpha value is -3.07. The number of methoxy groups -OCH3 is 1. The minimum Gasteiger partial charge on any atom is -0.496 e. The predicted molar refractivity (Wildman–Crippen MR) is 130 cm³/mol. The molecule has 2 amide bonds. The Morgan fingerprint density at radius 1 is 0.794 bits per heavy atom. The Kier molecular flexibility index (Phi) is 7.41. The standard InChI is InChI=1S/C25H31N3O5S/c1-33-23-13-12-19(18-21(23)25(30)28-14-6-2-3-7-15-28)34(31,32)26-22-11-5-4-10-20(22)24(29)27-16-8-9-17-27/h4-5,10-13,18,26H,2-3,6-9,14-17H2,1H3. The number of nitrogens with zero attached hydrogens (tertiary/aromatic N) is 2. The molecule has 1 N–H and O–H groups in total. The molecule has 0 spiro atoms. The number of carbonyl (C=O) groups is 2. The van der Waals surface area contributed by atoms with Gasteiger partial charge in [0.1, 0.15) is 5.75 Å². The molecule has 0 aliphatic carbocycles. The Balaban J connectivity index is 1.63. The van der Waals surface area contributed by atoms with Gasteiger partial charge in [0, 0.05) is 26.2 Å². The topological polar surface area (TPSA) is 96.0 Å². The van der Waals surface area contributed by atoms with Crippen LogP contribution in [0.1, 0.15) is 59.2 Å². The number of nitrogens with one attached hydrogen (secondary N) is 1. The van der Waals surface area contributed by atoms with E-state index in [1.54, 1.807) is 34.1 Å². The maximum absolute atomic E-state index is 13.3. The zero-order valence-electron chi connectivity index (χ0n) is 19.5. The molecule has 2 aromatic carbocycles. The summed E-state index contributed by atoms with van der Waals surface area (Å²) in [6.07, 6.45) is 5.90. The average Bonchev–Trinajstić information content (AvgIpc) is 3.25. The van der Waals surface area contributed by atoms with Gasteiger partial charge in [-0.25, -0.2) is 8.42 Å². The maximum Gasteiger partial charge on any atom is 0.261 e. The monoisotopic (exact) mass is 485 g/mol. The van der Waals surface area contributed by atoms with E-state index in [1.807, 2.05) is 0 Å². The van der Waals surface area contributed by atoms with Crippen molar-refractivity contribution in [2.45, 2.75) is 43.4 Å². The van der Waals surface area contributed by atoms with Gasteiger partial charge in [-0.15, -0.1) is 0 Å². The molecule has 8 nitrogen and oxygen atoms in total. The van der Waals surface area contributed by atoms with Crippen molar-refractivity contribution in [1.82, 2.24) is 9.80 Å². The van der Waals surface area contributed by atoms with E-state index in [0.29, 0.717) is 37.5 Å². The fraction of sp³-hybridized carbons (Fsp3) is 0.440. The van der Waals surface area contributed by atoms with Gasteiger partial charge < -0.3 is 14.5 Å². The fourth-order valence-corrected chi connectivity index (χ4v) is 5.62. The summed E-state index contributed by atoms with van der Waals surface area (Å²) in [6.45, 7) is 2.62. The zero-order chi connectivity index (χ0) is 24.1. The van der Waals surface area contributed by atoms with E-state index in [9.17, 15) is 18.0 Å². The Bertz CT molecular complexity index is 1150. The molecule has 2 aromatic rings. The molecule has 0 radical (unpaired) electrons. The lowest BCUT2D eigenvalue weighted by Gasteiger charge is -2.22. The third kappa shape index (κ3) is 5.19. The van der Waals surface area contributed by atoms with Crippen LogP contribution in [0.3, 0.4) is 0 Å². The number of sulfonamides is 1. The van der Waals surface area contributed by atoms with E-state index in [0.717, 1.165) is 38.5 Å². The van der Waals surface area contributed by atoms with Crippen LogP contribution in [0.25, 0.3) is 0 Å². The second kappa shape index (κ2) is 10.5. The molecule has 34 heavy (non-hydrogen) atoms. The quantitative estimate of drug-likeness (QED) is 0.672. The summed E-state index contributed by atoms with van der Waals surface area (Å²) in [5, 5.41) is 0. The Labute approximate surface area is 200 Å². The minimum atomic E-state index is -4.06. The summed E-state index contributed by atoms with van der Waals surface area (Å²) in [5.41, 5.74) is 0.742. The molecular weight excluding hydrogens is 454 g/mol. The smallest absolute Gasteiger partial charge is 0.261 e. The predicted octanol–water partition coefficient (Wildman–Crippen LogP) is 3.75. The molecule has 9 heteroatoms. The average molecular weight is 486 g/mol. The van der Waals surface area contributed by atoms with E-state index in [4.69, 9.17) is 4.74 Å². The summed E-state index contributed by atoms with van der Waals surface area (Å²) in [4.78, 5) is 29.6. The summed E-state index contributed by atoms with van der Waals surface area (Å²) in [6, 6.07) is 10.9. The summed E-state index contributed by atoms with van der Waals surface area (Å²) < 4.78 is 34.5. The minimum absolute atomic E-state index is 0.0603. The highest BCUT2D eigenvalue weighted by atomic mass is 32.2. The second-order valence-electron chi connectivity index (χ2n) is 8.72. The molecule has 2 saturated heterocycles. The number of hydrogen-bond acceptors (Lipinski definition) is 5. The van der Waals surface area contributed by atoms with Crippen molar-refractivity contribution in [3.63, 3.8) is 0 Å². The van der Waals surface area contributed by atoms with Crippen LogP contribution in [0, 0.1) is 0 Å². The van der Waals surface area contributed by atoms with E-state index in [-0.39, 0.29) is 28.0 Å². The Morgan fingerprint density at radius 3 is 1.97 bits per heavy atom. The summed E-state index contributed by atoms with van der Waals surface area (Å²) in [5.74, 6) is -0.0965. The molecule has 0 unspecified atom stereocenters. The molecule has 4 rings (SSSR count). The molecule has 2 fully saturated rings. The molecule has 0 bridgehead atoms. The number of carbonyl (C=O) groups excluding carboxylic acids is 2. The number of amides is 2. The number of hydrogen-bond donors (Lipinski definition) is 1. The van der Waals surface area contributed by atoms with Crippen LogP contribution in [0.2, 0.25) is 0 Å². The Morgan fingerprint density at radius 2 is 1.35 bits per heavy atom. The molecule has 2 aliphatic heterocycles. The fourth-order valence-electron chi connectivity index (χ4n) is 4.52. The molecular formula is C25H31N3O5S. The molecule has 182 valence electrons. The van der Waals surface area contributed by atoms with Crippen LogP contribution >= 0.6 is 0 Å². The second-order valence-corrected chi connectivity index (χ2v) is 10.4. The van der Waals surface area contributed by atoms with E-state index < -0.39 is 10.0 Å². The van der Waals surface area contributed by atoms with Gasteiger partial charge in [0.05, 0.1) is 28.8 Å². The third-order valence-corrected chi connectivity index (χ3v) is 7.76. The number of anilines is 1.